The number of benzene rings is 2. The summed E-state index contributed by atoms with van der Waals surface area (Å²) in [6.07, 6.45) is 2.37. The first-order valence-corrected chi connectivity index (χ1v) is 13.2. The molecule has 3 amide bonds. The van der Waals surface area contributed by atoms with Gasteiger partial charge in [0.2, 0.25) is 0 Å². The third kappa shape index (κ3) is 4.47. The molecule has 4 heterocycles. The summed E-state index contributed by atoms with van der Waals surface area (Å²) in [5.41, 5.74) is 1.35. The van der Waals surface area contributed by atoms with Crippen LogP contribution >= 0.6 is 11.3 Å². The van der Waals surface area contributed by atoms with Gasteiger partial charge in [-0.2, -0.15) is 0 Å². The van der Waals surface area contributed by atoms with E-state index in [1.54, 1.807) is 24.3 Å². The first-order chi connectivity index (χ1) is 18.4. The molecule has 38 heavy (non-hydrogen) atoms. The Hall–Kier alpha value is -3.99. The molecule has 0 spiro atoms. The smallest absolute Gasteiger partial charge is 0.331 e. The lowest BCUT2D eigenvalue weighted by atomic mass is 9.90. The monoisotopic (exact) mass is 529 g/mol. The maximum absolute atomic E-state index is 13.5. The minimum atomic E-state index is -0.483. The Balaban J connectivity index is 1.30. The number of piperidine rings is 1. The average molecular weight is 530 g/mol. The van der Waals surface area contributed by atoms with Crippen molar-refractivity contribution in [3.05, 3.63) is 71.7 Å². The first-order valence-electron chi connectivity index (χ1n) is 12.4. The fourth-order valence-electron chi connectivity index (χ4n) is 5.04. The molecule has 1 saturated heterocycles. The van der Waals surface area contributed by atoms with E-state index in [0.717, 1.165) is 17.7 Å². The van der Waals surface area contributed by atoms with Crippen LogP contribution in [0.1, 0.15) is 23.0 Å². The van der Waals surface area contributed by atoms with Crippen LogP contribution in [-0.4, -0.2) is 48.8 Å². The van der Waals surface area contributed by atoms with E-state index in [-0.39, 0.29) is 18.0 Å². The molecule has 2 aromatic heterocycles. The predicted octanol–water partition coefficient (Wildman–Crippen LogP) is 5.27. The minimum absolute atomic E-state index is 0.0147. The molecule has 2 atom stereocenters. The molecule has 0 saturated carbocycles. The van der Waals surface area contributed by atoms with Crippen molar-refractivity contribution < 1.29 is 19.1 Å². The zero-order chi connectivity index (χ0) is 26.3. The number of rotatable bonds is 6. The third-order valence-electron chi connectivity index (χ3n) is 6.84. The molecule has 9 nitrogen and oxygen atoms in total. The fraction of sp³-hybridized carbons (Fsp3) is 0.250. The summed E-state index contributed by atoms with van der Waals surface area (Å²) in [4.78, 5) is 34.1. The quantitative estimate of drug-likeness (QED) is 0.314. The number of hydrogen-bond acceptors (Lipinski definition) is 7. The van der Waals surface area contributed by atoms with E-state index in [9.17, 15) is 9.59 Å². The van der Waals surface area contributed by atoms with E-state index in [2.05, 4.69) is 20.9 Å². The number of nitrogens with one attached hydrogen (secondary N) is 3. The summed E-state index contributed by atoms with van der Waals surface area (Å²) >= 11 is 1.27. The highest BCUT2D eigenvalue weighted by atomic mass is 32.1. The predicted molar refractivity (Wildman–Crippen MR) is 148 cm³/mol. The number of carbonyl (C=O) groups excluding carboxylic acids is 2. The maximum atomic E-state index is 13.5. The fourth-order valence-corrected chi connectivity index (χ4v) is 6.05. The molecular weight excluding hydrogens is 502 g/mol. The number of methoxy groups -OCH3 is 1. The molecule has 0 bridgehead atoms. The highest BCUT2D eigenvalue weighted by Gasteiger charge is 2.37. The average Bonchev–Trinajstić information content (AvgIpc) is 3.29. The number of thiophene rings is 1. The van der Waals surface area contributed by atoms with Gasteiger partial charge in [0.25, 0.3) is 5.91 Å². The van der Waals surface area contributed by atoms with Crippen LogP contribution in [0.15, 0.2) is 66.9 Å². The number of carbonyl (C=O) groups is 2. The Labute approximate surface area is 223 Å². The SMILES string of the molecule is CO[C@H]1CNC[C@](C)(NC(=O)c2sc3nccc4c3c2NC(=O)N4c2ccc(Oc3ccccc3)cc2)C1. The summed E-state index contributed by atoms with van der Waals surface area (Å²) in [5.74, 6) is 1.15. The molecule has 2 aliphatic rings. The van der Waals surface area contributed by atoms with Crippen molar-refractivity contribution in [2.24, 2.45) is 0 Å². The Morgan fingerprint density at radius 1 is 1.13 bits per heavy atom. The van der Waals surface area contributed by atoms with Gasteiger partial charge in [-0.1, -0.05) is 18.2 Å². The van der Waals surface area contributed by atoms with Gasteiger partial charge >= 0.3 is 6.03 Å². The molecule has 0 aliphatic carbocycles. The molecule has 3 N–H and O–H groups in total. The number of para-hydroxylation sites is 1. The van der Waals surface area contributed by atoms with E-state index in [1.165, 1.54) is 11.3 Å². The van der Waals surface area contributed by atoms with Gasteiger partial charge in [0.05, 0.1) is 34.1 Å². The molecule has 2 aromatic carbocycles. The number of urea groups is 1. The van der Waals surface area contributed by atoms with Gasteiger partial charge in [-0.05, 0) is 55.8 Å². The summed E-state index contributed by atoms with van der Waals surface area (Å²) in [5, 5.41) is 10.2. The second-order valence-electron chi connectivity index (χ2n) is 9.70. The number of ether oxygens (including phenoxy) is 2. The first kappa shape index (κ1) is 24.4. The van der Waals surface area contributed by atoms with Crippen LogP contribution in [0.3, 0.4) is 0 Å². The van der Waals surface area contributed by atoms with Crippen LogP contribution in [-0.2, 0) is 4.74 Å². The Kier molecular flexibility index (Phi) is 6.22. The maximum Gasteiger partial charge on any atom is 0.331 e. The van der Waals surface area contributed by atoms with Gasteiger partial charge in [0.1, 0.15) is 21.2 Å². The number of nitrogens with zero attached hydrogens (tertiary/aromatic N) is 2. The highest BCUT2D eigenvalue weighted by Crippen LogP contribution is 2.46. The molecule has 0 unspecified atom stereocenters. The summed E-state index contributed by atoms with van der Waals surface area (Å²) in [6.45, 7) is 3.37. The van der Waals surface area contributed by atoms with Gasteiger partial charge in [-0.25, -0.2) is 9.78 Å². The van der Waals surface area contributed by atoms with Gasteiger partial charge in [-0.15, -0.1) is 11.3 Å². The van der Waals surface area contributed by atoms with Crippen LogP contribution in [0.25, 0.3) is 10.2 Å². The van der Waals surface area contributed by atoms with E-state index in [0.29, 0.717) is 45.5 Å². The standard InChI is InChI=1S/C28H27N5O4S/c1-28(14-20(36-2)15-29-16-28)32-25(34)24-23-22-21(12-13-30-26(22)38-24)33(27(35)31-23)17-8-10-19(11-9-17)37-18-6-4-3-5-7-18/h3-13,20,29H,14-16H2,1-2H3,(H,31,35)(H,32,34)/t20-,28-/m1/s1. The molecule has 2 aliphatic heterocycles. The van der Waals surface area contributed by atoms with Crippen molar-refractivity contribution >= 4 is 50.6 Å². The van der Waals surface area contributed by atoms with E-state index < -0.39 is 5.54 Å². The number of hydrogen-bond donors (Lipinski definition) is 3. The molecule has 4 aromatic rings. The van der Waals surface area contributed by atoms with Crippen LogP contribution < -0.4 is 25.6 Å². The highest BCUT2D eigenvalue weighted by molar-refractivity contribution is 7.21. The Morgan fingerprint density at radius 2 is 1.89 bits per heavy atom. The molecule has 0 radical (unpaired) electrons. The van der Waals surface area contributed by atoms with Crippen molar-refractivity contribution in [1.29, 1.82) is 0 Å². The van der Waals surface area contributed by atoms with E-state index >= 15 is 0 Å². The molecule has 10 heteroatoms. The van der Waals surface area contributed by atoms with Gasteiger partial charge in [0.15, 0.2) is 0 Å². The topological polar surface area (TPSA) is 105 Å². The van der Waals surface area contributed by atoms with Crippen LogP contribution in [0.4, 0.5) is 21.9 Å². The van der Waals surface area contributed by atoms with Crippen molar-refractivity contribution in [3.8, 4) is 11.5 Å². The largest absolute Gasteiger partial charge is 0.457 e. The molecule has 6 rings (SSSR count). The second kappa shape index (κ2) is 9.71. The lowest BCUT2D eigenvalue weighted by Crippen LogP contribution is -2.59. The van der Waals surface area contributed by atoms with E-state index in [4.69, 9.17) is 9.47 Å². The van der Waals surface area contributed by atoms with Gasteiger partial charge in [0, 0.05) is 26.4 Å². The van der Waals surface area contributed by atoms with Crippen LogP contribution in [0, 0.1) is 0 Å². The third-order valence-corrected chi connectivity index (χ3v) is 7.94. The zero-order valence-corrected chi connectivity index (χ0v) is 21.8. The molecule has 1 fully saturated rings. The zero-order valence-electron chi connectivity index (χ0n) is 21.0. The van der Waals surface area contributed by atoms with Gasteiger partial charge < -0.3 is 25.4 Å². The Morgan fingerprint density at radius 3 is 2.66 bits per heavy atom. The number of pyridine rings is 1. The number of aromatic nitrogens is 1. The molecule has 194 valence electrons. The lowest BCUT2D eigenvalue weighted by Gasteiger charge is -2.38. The van der Waals surface area contributed by atoms with Crippen LogP contribution in [0.5, 0.6) is 11.5 Å². The number of anilines is 3. The Bertz CT molecular complexity index is 1510. The summed E-state index contributed by atoms with van der Waals surface area (Å²) in [7, 11) is 1.67. The second-order valence-corrected chi connectivity index (χ2v) is 10.7. The van der Waals surface area contributed by atoms with E-state index in [1.807, 2.05) is 61.5 Å². The van der Waals surface area contributed by atoms with Crippen molar-refractivity contribution in [2.75, 3.05) is 30.4 Å². The normalized spacial score (nSPS) is 20.7. The van der Waals surface area contributed by atoms with Crippen molar-refractivity contribution in [1.82, 2.24) is 15.6 Å². The lowest BCUT2D eigenvalue weighted by molar-refractivity contribution is 0.0447. The minimum Gasteiger partial charge on any atom is -0.457 e. The summed E-state index contributed by atoms with van der Waals surface area (Å²) in [6, 6.07) is 18.3. The molecular formula is C28H27N5O4S. The van der Waals surface area contributed by atoms with Gasteiger partial charge in [-0.3, -0.25) is 9.69 Å². The number of amides is 3. The summed E-state index contributed by atoms with van der Waals surface area (Å²) < 4.78 is 11.4. The van der Waals surface area contributed by atoms with Crippen LogP contribution in [0.2, 0.25) is 0 Å². The van der Waals surface area contributed by atoms with Crippen molar-refractivity contribution in [3.63, 3.8) is 0 Å². The van der Waals surface area contributed by atoms with Crippen molar-refractivity contribution in [2.45, 2.75) is 25.0 Å².